The fourth-order valence-electron chi connectivity index (χ4n) is 9.72. The highest BCUT2D eigenvalue weighted by Gasteiger charge is 2.24. The van der Waals surface area contributed by atoms with Gasteiger partial charge in [-0.25, -0.2) is 0 Å². The molecule has 0 radical (unpaired) electrons. The second-order valence-corrected chi connectivity index (χ2v) is 21.1. The maximum atomic E-state index is 13.3. The van der Waals surface area contributed by atoms with E-state index in [1.54, 1.807) is 0 Å². The maximum absolute atomic E-state index is 13.3. The number of carbonyl (C=O) groups excluding carboxylic acids is 2. The minimum absolute atomic E-state index is 0.0842. The Morgan fingerprint density at radius 2 is 0.716 bits per heavy atom. The van der Waals surface area contributed by atoms with Crippen molar-refractivity contribution in [1.82, 2.24) is 5.32 Å². The van der Waals surface area contributed by atoms with Gasteiger partial charge in [-0.3, -0.25) is 9.59 Å². The molecule has 0 aromatic rings. The second-order valence-electron chi connectivity index (χ2n) is 21.1. The van der Waals surface area contributed by atoms with Crippen molar-refractivity contribution in [2.24, 2.45) is 0 Å². The van der Waals surface area contributed by atoms with Crippen LogP contribution in [-0.2, 0) is 14.3 Å². The minimum atomic E-state index is -0.784. The molecule has 0 saturated carbocycles. The summed E-state index contributed by atoms with van der Waals surface area (Å²) in [7, 11) is 0. The first-order valence-corrected chi connectivity index (χ1v) is 30.4. The summed E-state index contributed by atoms with van der Waals surface area (Å²) >= 11 is 0. The molecule has 0 aliphatic heterocycles. The van der Waals surface area contributed by atoms with Crippen molar-refractivity contribution < 1.29 is 24.5 Å². The van der Waals surface area contributed by atoms with Crippen molar-refractivity contribution >= 4 is 11.9 Å². The monoisotopic (exact) mass is 946 g/mol. The molecule has 3 atom stereocenters. The highest BCUT2D eigenvalue weighted by molar-refractivity contribution is 5.77. The van der Waals surface area contributed by atoms with Crippen molar-refractivity contribution in [2.75, 3.05) is 6.61 Å². The van der Waals surface area contributed by atoms with Crippen LogP contribution in [0.3, 0.4) is 0 Å². The average molecular weight is 947 g/mol. The van der Waals surface area contributed by atoms with E-state index >= 15 is 0 Å². The lowest BCUT2D eigenvalue weighted by Gasteiger charge is -2.24. The third-order valence-electron chi connectivity index (χ3n) is 14.3. The van der Waals surface area contributed by atoms with Crippen LogP contribution in [0, 0.1) is 0 Å². The van der Waals surface area contributed by atoms with Crippen molar-refractivity contribution in [3.63, 3.8) is 0 Å². The molecular weight excluding hydrogens is 827 g/mol. The molecule has 0 rings (SSSR count). The summed E-state index contributed by atoms with van der Waals surface area (Å²) in [6, 6.07) is -0.697. The second kappa shape index (κ2) is 55.5. The molecule has 0 aliphatic carbocycles. The smallest absolute Gasteiger partial charge is 0.306 e. The summed E-state index contributed by atoms with van der Waals surface area (Å²) in [6.07, 6.45) is 64.2. The summed E-state index contributed by atoms with van der Waals surface area (Å²) in [5.74, 6) is -0.453. The number of aliphatic hydroxyl groups excluding tert-OH is 2. The number of esters is 1. The molecule has 3 unspecified atom stereocenters. The minimum Gasteiger partial charge on any atom is -0.462 e. The first-order valence-electron chi connectivity index (χ1n) is 30.4. The fourth-order valence-corrected chi connectivity index (χ4v) is 9.72. The van der Waals surface area contributed by atoms with Crippen LogP contribution in [0.4, 0.5) is 0 Å². The summed E-state index contributed by atoms with van der Waals surface area (Å²) in [6.45, 7) is 6.53. The van der Waals surface area contributed by atoms with Gasteiger partial charge in [0.1, 0.15) is 6.10 Å². The van der Waals surface area contributed by atoms with E-state index < -0.39 is 18.2 Å². The largest absolute Gasteiger partial charge is 0.462 e. The molecule has 1 amide bonds. The zero-order valence-corrected chi connectivity index (χ0v) is 45.6. The Hall–Kier alpha value is -1.40. The van der Waals surface area contributed by atoms with Crippen LogP contribution < -0.4 is 5.32 Å². The normalized spacial score (nSPS) is 13.1. The summed E-state index contributed by atoms with van der Waals surface area (Å²) < 4.78 is 5.98. The number of hydrogen-bond acceptors (Lipinski definition) is 5. The van der Waals surface area contributed by atoms with Crippen LogP contribution in [0.2, 0.25) is 0 Å². The number of nitrogens with one attached hydrogen (secondary N) is 1. The number of carbonyl (C=O) groups is 2. The Morgan fingerprint density at radius 3 is 1.06 bits per heavy atom. The van der Waals surface area contributed by atoms with Gasteiger partial charge >= 0.3 is 5.97 Å². The highest BCUT2D eigenvalue weighted by atomic mass is 16.5. The lowest BCUT2D eigenvalue weighted by Crippen LogP contribution is -2.46. The molecule has 0 bridgehead atoms. The van der Waals surface area contributed by atoms with Crippen LogP contribution in [0.25, 0.3) is 0 Å². The van der Waals surface area contributed by atoms with Crippen LogP contribution >= 0.6 is 0 Å². The summed E-state index contributed by atoms with van der Waals surface area (Å²) in [4.78, 5) is 26.3. The van der Waals surface area contributed by atoms with Crippen LogP contribution in [0.1, 0.15) is 342 Å². The number of unbranched alkanes of at least 4 members (excludes halogenated alkanes) is 42. The highest BCUT2D eigenvalue weighted by Crippen LogP contribution is 2.19. The molecule has 0 fully saturated rings. The van der Waals surface area contributed by atoms with Gasteiger partial charge < -0.3 is 20.3 Å². The first-order chi connectivity index (χ1) is 33.0. The van der Waals surface area contributed by atoms with E-state index in [-0.39, 0.29) is 24.9 Å². The Morgan fingerprint density at radius 1 is 0.418 bits per heavy atom. The molecular formula is C61H119NO5. The topological polar surface area (TPSA) is 95.9 Å². The number of aliphatic hydroxyl groups is 2. The fraction of sp³-hybridized carbons (Fsp3) is 0.934. The predicted octanol–water partition coefficient (Wildman–Crippen LogP) is 18.9. The standard InChI is InChI=1S/C61H119NO5/c1-4-7-10-13-16-19-22-25-28-30-33-36-39-42-45-48-51-54-61(66)67-57(52-49-46-43-40-37-34-31-27-24-21-18-15-12-9-6-3)55-60(65)62-58(56-63)59(64)53-50-47-44-41-38-35-32-29-26-23-20-17-14-11-8-5-2/h25,28,57-59,63-64H,4-24,26-27,29-56H2,1-3H3,(H,62,65)/b28-25+. The molecule has 0 heterocycles. The van der Waals surface area contributed by atoms with Gasteiger partial charge in [0.25, 0.3) is 0 Å². The average Bonchev–Trinajstić information content (AvgIpc) is 3.32. The third-order valence-corrected chi connectivity index (χ3v) is 14.3. The predicted molar refractivity (Wildman–Crippen MR) is 292 cm³/mol. The van der Waals surface area contributed by atoms with Crippen molar-refractivity contribution in [3.05, 3.63) is 12.2 Å². The first kappa shape index (κ1) is 65.6. The molecule has 67 heavy (non-hydrogen) atoms. The Balaban J connectivity index is 4.49. The van der Waals surface area contributed by atoms with Gasteiger partial charge in [0.15, 0.2) is 0 Å². The van der Waals surface area contributed by atoms with Gasteiger partial charge in [-0.2, -0.15) is 0 Å². The third kappa shape index (κ3) is 50.8. The van der Waals surface area contributed by atoms with E-state index in [4.69, 9.17) is 4.74 Å². The van der Waals surface area contributed by atoms with E-state index in [9.17, 15) is 19.8 Å². The lowest BCUT2D eigenvalue weighted by molar-refractivity contribution is -0.151. The van der Waals surface area contributed by atoms with Gasteiger partial charge in [0, 0.05) is 6.42 Å². The molecule has 0 aromatic carbocycles. The van der Waals surface area contributed by atoms with E-state index in [0.29, 0.717) is 19.3 Å². The van der Waals surface area contributed by atoms with Gasteiger partial charge in [-0.15, -0.1) is 0 Å². The molecule has 0 saturated heterocycles. The van der Waals surface area contributed by atoms with Crippen LogP contribution in [0.5, 0.6) is 0 Å². The summed E-state index contributed by atoms with van der Waals surface area (Å²) in [5.41, 5.74) is 0. The number of hydrogen-bond donors (Lipinski definition) is 3. The van der Waals surface area contributed by atoms with Gasteiger partial charge in [-0.05, 0) is 51.4 Å². The SMILES string of the molecule is CCCCCCCC/C=C/CCCCCCCCCC(=O)OC(CCCCCCCCCCCCCCCCC)CC(=O)NC(CO)C(O)CCCCCCCCCCCCCCCCCC. The van der Waals surface area contributed by atoms with Gasteiger partial charge in [-0.1, -0.05) is 290 Å². The van der Waals surface area contributed by atoms with Gasteiger partial charge in [0.2, 0.25) is 5.91 Å². The van der Waals surface area contributed by atoms with Crippen molar-refractivity contribution in [2.45, 2.75) is 360 Å². The van der Waals surface area contributed by atoms with E-state index in [1.807, 2.05) is 0 Å². The van der Waals surface area contributed by atoms with Crippen LogP contribution in [0.15, 0.2) is 12.2 Å². The molecule has 6 heteroatoms. The molecule has 0 spiro atoms. The van der Waals surface area contributed by atoms with E-state index in [1.165, 1.54) is 250 Å². The van der Waals surface area contributed by atoms with Crippen LogP contribution in [-0.4, -0.2) is 46.9 Å². The number of amides is 1. The Labute approximate surface area is 419 Å². The lowest BCUT2D eigenvalue weighted by atomic mass is 10.0. The quantitative estimate of drug-likeness (QED) is 0.0321. The van der Waals surface area contributed by atoms with Crippen molar-refractivity contribution in [1.29, 1.82) is 0 Å². The van der Waals surface area contributed by atoms with Gasteiger partial charge in [0.05, 0.1) is 25.2 Å². The molecule has 398 valence electrons. The zero-order valence-electron chi connectivity index (χ0n) is 45.6. The molecule has 3 N–H and O–H groups in total. The number of ether oxygens (including phenoxy) is 1. The maximum Gasteiger partial charge on any atom is 0.306 e. The Kier molecular flexibility index (Phi) is 54.4. The summed E-state index contributed by atoms with van der Waals surface area (Å²) in [5, 5.41) is 23.9. The van der Waals surface area contributed by atoms with E-state index in [2.05, 4.69) is 38.2 Å². The van der Waals surface area contributed by atoms with E-state index in [0.717, 1.165) is 44.9 Å². The molecule has 6 nitrogen and oxygen atoms in total. The molecule has 0 aliphatic rings. The number of rotatable bonds is 56. The Bertz CT molecular complexity index is 1020. The van der Waals surface area contributed by atoms with Crippen molar-refractivity contribution in [3.8, 4) is 0 Å². The number of allylic oxidation sites excluding steroid dienone is 2. The zero-order chi connectivity index (χ0) is 48.8. The molecule has 0 aromatic heterocycles.